The van der Waals surface area contributed by atoms with E-state index in [2.05, 4.69) is 46.4 Å². The summed E-state index contributed by atoms with van der Waals surface area (Å²) < 4.78 is 16.8. The van der Waals surface area contributed by atoms with Crippen LogP contribution in [-0.2, 0) is 11.2 Å². The summed E-state index contributed by atoms with van der Waals surface area (Å²) in [5.74, 6) is 1.54. The zero-order valence-electron chi connectivity index (χ0n) is 18.0. The predicted octanol–water partition coefficient (Wildman–Crippen LogP) is 2.73. The monoisotopic (exact) mass is 427 g/mol. The van der Waals surface area contributed by atoms with Gasteiger partial charge in [0.2, 0.25) is 5.82 Å². The van der Waals surface area contributed by atoms with Crippen molar-refractivity contribution in [3.63, 3.8) is 0 Å². The van der Waals surface area contributed by atoms with E-state index < -0.39 is 0 Å². The lowest BCUT2D eigenvalue weighted by atomic mass is 10.1. The van der Waals surface area contributed by atoms with E-state index >= 15 is 0 Å². The van der Waals surface area contributed by atoms with Crippen molar-refractivity contribution in [2.75, 3.05) is 32.9 Å². The highest BCUT2D eigenvalue weighted by Crippen LogP contribution is 2.29. The molecule has 2 N–H and O–H groups in total. The Balaban J connectivity index is 0.000000391. The lowest BCUT2D eigenvalue weighted by Crippen LogP contribution is -2.30. The van der Waals surface area contributed by atoms with Gasteiger partial charge in [-0.25, -0.2) is 0 Å². The van der Waals surface area contributed by atoms with Crippen LogP contribution in [0.15, 0.2) is 40.1 Å². The number of rotatable bonds is 7. The molecule has 3 heterocycles. The summed E-state index contributed by atoms with van der Waals surface area (Å²) in [6.45, 7) is 12.4. The molecule has 0 bridgehead atoms. The molecular formula is C22H29N5O4. The maximum absolute atomic E-state index is 12.7. The number of H-pyrrole nitrogens is 1. The number of hydrogen-bond acceptors (Lipinski definition) is 8. The topological polar surface area (TPSA) is 115 Å². The summed E-state index contributed by atoms with van der Waals surface area (Å²) in [5.41, 5.74) is 1.12. The molecule has 1 aliphatic heterocycles. The molecule has 0 aliphatic carbocycles. The summed E-state index contributed by atoms with van der Waals surface area (Å²) in [4.78, 5) is 12.7. The number of nitrogens with one attached hydrogen (secondary N) is 2. The molecule has 0 saturated carbocycles. The fraction of sp³-hybridized carbons (Fsp3) is 0.455. The molecule has 1 saturated heterocycles. The van der Waals surface area contributed by atoms with Crippen molar-refractivity contribution in [2.24, 2.45) is 5.92 Å². The Kier molecular flexibility index (Phi) is 8.31. The number of nitrogens with zero attached hydrogens (tertiary/aromatic N) is 3. The highest BCUT2D eigenvalue weighted by atomic mass is 16.5. The van der Waals surface area contributed by atoms with Crippen LogP contribution in [0.3, 0.4) is 0 Å². The van der Waals surface area contributed by atoms with Crippen LogP contribution in [0.1, 0.15) is 25.8 Å². The lowest BCUT2D eigenvalue weighted by molar-refractivity contribution is 0.109. The van der Waals surface area contributed by atoms with Crippen molar-refractivity contribution in [3.8, 4) is 17.3 Å². The van der Waals surface area contributed by atoms with Crippen LogP contribution < -0.4 is 15.5 Å². The van der Waals surface area contributed by atoms with E-state index in [9.17, 15) is 4.79 Å². The molecule has 2 aromatic heterocycles. The first-order chi connectivity index (χ1) is 15.1. The zero-order valence-corrected chi connectivity index (χ0v) is 18.0. The molecule has 4 rings (SSSR count). The molecule has 0 unspecified atom stereocenters. The van der Waals surface area contributed by atoms with Crippen LogP contribution in [0.25, 0.3) is 22.6 Å². The van der Waals surface area contributed by atoms with Gasteiger partial charge in [-0.15, -0.1) is 16.8 Å². The number of benzene rings is 1. The number of allylic oxidation sites excluding steroid dienone is 1. The number of fused-ring (bicyclic) bond motifs is 1. The molecule has 31 heavy (non-hydrogen) atoms. The van der Waals surface area contributed by atoms with Crippen molar-refractivity contribution in [3.05, 3.63) is 46.6 Å². The average Bonchev–Trinajstić information content (AvgIpc) is 3.31. The molecule has 0 spiro atoms. The van der Waals surface area contributed by atoms with Gasteiger partial charge in [0.05, 0.1) is 19.8 Å². The fourth-order valence-corrected chi connectivity index (χ4v) is 3.02. The highest BCUT2D eigenvalue weighted by Gasteiger charge is 2.17. The summed E-state index contributed by atoms with van der Waals surface area (Å²) in [7, 11) is 0. The van der Waals surface area contributed by atoms with E-state index in [0.29, 0.717) is 35.7 Å². The zero-order chi connectivity index (χ0) is 22.1. The second-order valence-corrected chi connectivity index (χ2v) is 7.52. The van der Waals surface area contributed by atoms with Gasteiger partial charge < -0.3 is 19.2 Å². The Morgan fingerprint density at radius 2 is 2.10 bits per heavy atom. The Morgan fingerprint density at radius 1 is 1.29 bits per heavy atom. The molecule has 0 atom stereocenters. The smallest absolute Gasteiger partial charge is 0.239 e. The average molecular weight is 428 g/mol. The van der Waals surface area contributed by atoms with Gasteiger partial charge in [0.15, 0.2) is 11.2 Å². The van der Waals surface area contributed by atoms with E-state index in [0.717, 1.165) is 38.3 Å². The van der Waals surface area contributed by atoms with Gasteiger partial charge in [-0.05, 0) is 35.6 Å². The number of hydrogen-bond donors (Lipinski definition) is 2. The molecule has 0 radical (unpaired) electrons. The van der Waals surface area contributed by atoms with Gasteiger partial charge in [0.25, 0.3) is 0 Å². The molecule has 1 aliphatic rings. The van der Waals surface area contributed by atoms with Crippen LogP contribution in [0.4, 0.5) is 0 Å². The number of aromatic nitrogens is 4. The van der Waals surface area contributed by atoms with Crippen molar-refractivity contribution < 1.29 is 13.9 Å². The van der Waals surface area contributed by atoms with E-state index in [1.54, 1.807) is 6.08 Å². The third kappa shape index (κ3) is 6.22. The minimum Gasteiger partial charge on any atom is -0.493 e. The van der Waals surface area contributed by atoms with Crippen LogP contribution in [-0.4, -0.2) is 53.5 Å². The van der Waals surface area contributed by atoms with E-state index in [1.165, 1.54) is 6.07 Å². The fourth-order valence-electron chi connectivity index (χ4n) is 3.02. The first-order valence-corrected chi connectivity index (χ1v) is 10.5. The molecule has 166 valence electrons. The van der Waals surface area contributed by atoms with E-state index in [-0.39, 0.29) is 17.0 Å². The number of aromatic amines is 1. The highest BCUT2D eigenvalue weighted by molar-refractivity contribution is 5.87. The number of ether oxygens (including phenoxy) is 2. The van der Waals surface area contributed by atoms with Gasteiger partial charge in [0, 0.05) is 19.2 Å². The molecule has 3 aromatic rings. The van der Waals surface area contributed by atoms with Crippen molar-refractivity contribution in [1.82, 2.24) is 25.9 Å². The van der Waals surface area contributed by atoms with E-state index in [4.69, 9.17) is 13.9 Å². The molecular weight excluding hydrogens is 398 g/mol. The summed E-state index contributed by atoms with van der Waals surface area (Å²) >= 11 is 0. The van der Waals surface area contributed by atoms with Crippen LogP contribution in [0, 0.1) is 5.92 Å². The Labute approximate surface area is 180 Å². The third-order valence-corrected chi connectivity index (χ3v) is 4.65. The normalized spacial score (nSPS) is 13.6. The van der Waals surface area contributed by atoms with E-state index in [1.807, 2.05) is 12.1 Å². The van der Waals surface area contributed by atoms with Crippen LogP contribution >= 0.6 is 0 Å². The standard InChI is InChI=1S/C18H20N4O3.C4H9NO/c1-4-5-12-6-7-14(24-9-8-11(2)3)16-13(23)10-15(25-17(12)16)18-19-21-22-20-18;1-3-6-4-2-5-1/h4,6-7,10-11H,1,5,8-9H2,2-3H3,(H,19,20,21,22);5H,1-4H2. The number of morpholine rings is 1. The molecule has 9 nitrogen and oxygen atoms in total. The second-order valence-electron chi connectivity index (χ2n) is 7.52. The first-order valence-electron chi connectivity index (χ1n) is 10.5. The lowest BCUT2D eigenvalue weighted by Gasteiger charge is -2.12. The minimum absolute atomic E-state index is 0.202. The molecule has 1 fully saturated rings. The SMILES string of the molecule is C1COCCN1.C=CCc1ccc(OCCC(C)C)c2c(=O)cc(-c3nn[nH]n3)oc12. The maximum atomic E-state index is 12.7. The Bertz CT molecular complexity index is 1010. The Hall–Kier alpha value is -3.04. The second kappa shape index (κ2) is 11.4. The van der Waals surface area contributed by atoms with Gasteiger partial charge in [-0.1, -0.05) is 26.0 Å². The largest absolute Gasteiger partial charge is 0.493 e. The number of tetrazole rings is 1. The summed E-state index contributed by atoms with van der Waals surface area (Å²) in [6, 6.07) is 5.06. The molecule has 0 amide bonds. The van der Waals surface area contributed by atoms with Crippen molar-refractivity contribution >= 4 is 11.0 Å². The predicted molar refractivity (Wildman–Crippen MR) is 118 cm³/mol. The molecule has 9 heteroatoms. The van der Waals surface area contributed by atoms with Crippen molar-refractivity contribution in [1.29, 1.82) is 0 Å². The van der Waals surface area contributed by atoms with Gasteiger partial charge in [0.1, 0.15) is 16.7 Å². The minimum atomic E-state index is -0.202. The van der Waals surface area contributed by atoms with Crippen LogP contribution in [0.2, 0.25) is 0 Å². The quantitative estimate of drug-likeness (QED) is 0.553. The van der Waals surface area contributed by atoms with Crippen molar-refractivity contribution in [2.45, 2.75) is 26.7 Å². The van der Waals surface area contributed by atoms with Crippen LogP contribution in [0.5, 0.6) is 5.75 Å². The Morgan fingerprint density at radius 3 is 2.68 bits per heavy atom. The first kappa shape index (κ1) is 22.6. The molecule has 1 aromatic carbocycles. The summed E-state index contributed by atoms with van der Waals surface area (Å²) in [5, 5.41) is 17.2. The van der Waals surface area contributed by atoms with Gasteiger partial charge in [-0.3, -0.25) is 4.79 Å². The summed E-state index contributed by atoms with van der Waals surface area (Å²) in [6.07, 6.45) is 3.23. The third-order valence-electron chi connectivity index (χ3n) is 4.65. The van der Waals surface area contributed by atoms with Gasteiger partial charge in [-0.2, -0.15) is 5.21 Å². The van der Waals surface area contributed by atoms with Gasteiger partial charge >= 0.3 is 0 Å². The maximum Gasteiger partial charge on any atom is 0.239 e.